The lowest BCUT2D eigenvalue weighted by molar-refractivity contribution is 0.569. The van der Waals surface area contributed by atoms with Gasteiger partial charge >= 0.3 is 0 Å². The van der Waals surface area contributed by atoms with Gasteiger partial charge in [0.2, 0.25) is 0 Å². The van der Waals surface area contributed by atoms with Gasteiger partial charge in [0, 0.05) is 24.8 Å². The van der Waals surface area contributed by atoms with E-state index < -0.39 is 0 Å². The molecule has 1 unspecified atom stereocenters. The summed E-state index contributed by atoms with van der Waals surface area (Å²) in [6, 6.07) is 1.90. The molecule has 1 aliphatic rings. The van der Waals surface area contributed by atoms with Crippen molar-refractivity contribution in [2.45, 2.75) is 19.8 Å². The molecule has 2 N–H and O–H groups in total. The van der Waals surface area contributed by atoms with Crippen molar-refractivity contribution in [3.63, 3.8) is 0 Å². The van der Waals surface area contributed by atoms with Gasteiger partial charge in [0.25, 0.3) is 0 Å². The van der Waals surface area contributed by atoms with Crippen molar-refractivity contribution in [1.29, 1.82) is 0 Å². The highest BCUT2D eigenvalue weighted by atomic mass is 32.1. The second-order valence-corrected chi connectivity index (χ2v) is 4.71. The average molecular weight is 235 g/mol. The van der Waals surface area contributed by atoms with E-state index in [0.717, 1.165) is 30.3 Å². The Bertz CT molecular complexity index is 392. The number of thiocarbonyl (C=S) groups is 1. The van der Waals surface area contributed by atoms with E-state index in [1.165, 1.54) is 12.8 Å². The van der Waals surface area contributed by atoms with Crippen molar-refractivity contribution < 1.29 is 0 Å². The van der Waals surface area contributed by atoms with Crippen LogP contribution >= 0.6 is 12.2 Å². The van der Waals surface area contributed by atoms with Crippen LogP contribution in [0.25, 0.3) is 0 Å². The minimum absolute atomic E-state index is 0.456. The predicted octanol–water partition coefficient (Wildman–Crippen LogP) is 1.95. The summed E-state index contributed by atoms with van der Waals surface area (Å²) < 4.78 is 0. The maximum Gasteiger partial charge on any atom is 0.106 e. The summed E-state index contributed by atoms with van der Waals surface area (Å²) in [4.78, 5) is 6.97. The highest BCUT2D eigenvalue weighted by Crippen LogP contribution is 2.27. The molecule has 16 heavy (non-hydrogen) atoms. The molecule has 2 heterocycles. The molecule has 0 amide bonds. The van der Waals surface area contributed by atoms with Crippen molar-refractivity contribution in [2.75, 3.05) is 18.0 Å². The number of rotatable bonds is 3. The molecule has 2 rings (SSSR count). The molecule has 1 aromatic heterocycles. The first-order chi connectivity index (χ1) is 7.72. The van der Waals surface area contributed by atoms with Gasteiger partial charge in [-0.2, -0.15) is 0 Å². The van der Waals surface area contributed by atoms with Gasteiger partial charge < -0.3 is 10.6 Å². The van der Waals surface area contributed by atoms with Crippen LogP contribution in [0.15, 0.2) is 18.5 Å². The number of aromatic nitrogens is 1. The summed E-state index contributed by atoms with van der Waals surface area (Å²) in [5.74, 6) is 0.791. The summed E-state index contributed by atoms with van der Waals surface area (Å²) in [5, 5.41) is 0. The Morgan fingerprint density at radius 2 is 2.50 bits per heavy atom. The smallest absolute Gasteiger partial charge is 0.106 e. The normalized spacial score (nSPS) is 20.1. The Morgan fingerprint density at radius 3 is 3.12 bits per heavy atom. The van der Waals surface area contributed by atoms with E-state index in [9.17, 15) is 0 Å². The summed E-state index contributed by atoms with van der Waals surface area (Å²) in [6.45, 7) is 4.42. The van der Waals surface area contributed by atoms with Gasteiger partial charge in [-0.25, -0.2) is 0 Å². The van der Waals surface area contributed by atoms with Gasteiger partial charge in [0.15, 0.2) is 0 Å². The van der Waals surface area contributed by atoms with Gasteiger partial charge in [0.1, 0.15) is 4.99 Å². The molecule has 1 aliphatic heterocycles. The van der Waals surface area contributed by atoms with E-state index in [1.807, 2.05) is 12.3 Å². The van der Waals surface area contributed by atoms with Gasteiger partial charge in [0.05, 0.1) is 11.9 Å². The first-order valence-corrected chi connectivity index (χ1v) is 6.12. The first-order valence-electron chi connectivity index (χ1n) is 5.71. The van der Waals surface area contributed by atoms with Crippen molar-refractivity contribution in [3.8, 4) is 0 Å². The average Bonchev–Trinajstić information content (AvgIpc) is 2.77. The third-order valence-electron chi connectivity index (χ3n) is 3.27. The molecule has 0 bridgehead atoms. The molecule has 1 fully saturated rings. The van der Waals surface area contributed by atoms with Gasteiger partial charge in [-0.3, -0.25) is 4.98 Å². The number of hydrogen-bond donors (Lipinski definition) is 1. The topological polar surface area (TPSA) is 42.2 Å². The lowest BCUT2D eigenvalue weighted by Gasteiger charge is -2.20. The summed E-state index contributed by atoms with van der Waals surface area (Å²) in [5.41, 5.74) is 7.76. The van der Waals surface area contributed by atoms with Crippen LogP contribution in [-0.4, -0.2) is 23.1 Å². The third-order valence-corrected chi connectivity index (χ3v) is 3.49. The maximum absolute atomic E-state index is 5.73. The van der Waals surface area contributed by atoms with Gasteiger partial charge in [-0.1, -0.05) is 25.6 Å². The molecule has 0 spiro atoms. The Balaban J connectivity index is 2.24. The highest BCUT2D eigenvalue weighted by Gasteiger charge is 2.23. The van der Waals surface area contributed by atoms with E-state index in [-0.39, 0.29) is 0 Å². The molecule has 0 aliphatic carbocycles. The van der Waals surface area contributed by atoms with Crippen molar-refractivity contribution in [3.05, 3.63) is 24.0 Å². The van der Waals surface area contributed by atoms with E-state index in [0.29, 0.717) is 4.99 Å². The fourth-order valence-corrected chi connectivity index (χ4v) is 2.40. The molecule has 86 valence electrons. The molecule has 4 heteroatoms. The van der Waals surface area contributed by atoms with Crippen molar-refractivity contribution in [1.82, 2.24) is 4.98 Å². The van der Waals surface area contributed by atoms with E-state index >= 15 is 0 Å². The van der Waals surface area contributed by atoms with Gasteiger partial charge in [-0.05, 0) is 18.4 Å². The molecule has 1 saturated heterocycles. The number of pyridine rings is 1. The van der Waals surface area contributed by atoms with Crippen LogP contribution in [0.2, 0.25) is 0 Å². The Labute approximate surface area is 102 Å². The highest BCUT2D eigenvalue weighted by molar-refractivity contribution is 7.80. The maximum atomic E-state index is 5.73. The predicted molar refractivity (Wildman–Crippen MR) is 70.7 cm³/mol. The lowest BCUT2D eigenvalue weighted by atomic mass is 10.1. The van der Waals surface area contributed by atoms with Crippen LogP contribution in [0.3, 0.4) is 0 Å². The SMILES string of the molecule is CCC1CCN(c2cnccc2C(N)=S)C1. The number of hydrogen-bond acceptors (Lipinski definition) is 3. The molecule has 0 saturated carbocycles. The van der Waals surface area contributed by atoms with Crippen molar-refractivity contribution >= 4 is 22.9 Å². The Morgan fingerprint density at radius 1 is 1.69 bits per heavy atom. The Hall–Kier alpha value is -1.16. The van der Waals surface area contributed by atoms with Crippen molar-refractivity contribution in [2.24, 2.45) is 11.7 Å². The van der Waals surface area contributed by atoms with Crippen LogP contribution in [0.5, 0.6) is 0 Å². The zero-order valence-corrected chi connectivity index (χ0v) is 10.3. The standard InChI is InChI=1S/C12H17N3S/c1-2-9-4-6-15(8-9)11-7-14-5-3-10(11)12(13)16/h3,5,7,9H,2,4,6,8H2,1H3,(H2,13,16). The number of nitrogens with two attached hydrogens (primary N) is 1. The third kappa shape index (κ3) is 2.16. The minimum atomic E-state index is 0.456. The largest absolute Gasteiger partial charge is 0.389 e. The zero-order chi connectivity index (χ0) is 11.5. The summed E-state index contributed by atoms with van der Waals surface area (Å²) in [6.07, 6.45) is 6.10. The number of nitrogens with zero attached hydrogens (tertiary/aromatic N) is 2. The van der Waals surface area contributed by atoms with Crippen LogP contribution in [-0.2, 0) is 0 Å². The molecule has 0 aromatic carbocycles. The quantitative estimate of drug-likeness (QED) is 0.813. The monoisotopic (exact) mass is 235 g/mol. The molecule has 1 aromatic rings. The fourth-order valence-electron chi connectivity index (χ4n) is 2.23. The summed E-state index contributed by atoms with van der Waals surface area (Å²) >= 11 is 5.07. The van der Waals surface area contributed by atoms with E-state index in [1.54, 1.807) is 6.20 Å². The van der Waals surface area contributed by atoms with Crippen LogP contribution in [0.1, 0.15) is 25.3 Å². The lowest BCUT2D eigenvalue weighted by Crippen LogP contribution is -2.23. The summed E-state index contributed by atoms with van der Waals surface area (Å²) in [7, 11) is 0. The molecular weight excluding hydrogens is 218 g/mol. The molecule has 3 nitrogen and oxygen atoms in total. The van der Waals surface area contributed by atoms with E-state index in [4.69, 9.17) is 18.0 Å². The molecule has 0 radical (unpaired) electrons. The van der Waals surface area contributed by atoms with Crippen LogP contribution < -0.4 is 10.6 Å². The second kappa shape index (κ2) is 4.78. The van der Waals surface area contributed by atoms with Gasteiger partial charge in [-0.15, -0.1) is 0 Å². The number of anilines is 1. The fraction of sp³-hybridized carbons (Fsp3) is 0.500. The second-order valence-electron chi connectivity index (χ2n) is 4.27. The first kappa shape index (κ1) is 11.3. The van der Waals surface area contributed by atoms with Crippen LogP contribution in [0, 0.1) is 5.92 Å². The minimum Gasteiger partial charge on any atom is -0.389 e. The zero-order valence-electron chi connectivity index (χ0n) is 9.52. The molecular formula is C12H17N3S. The molecule has 1 atom stereocenters. The van der Waals surface area contributed by atoms with E-state index in [2.05, 4.69) is 16.8 Å². The van der Waals surface area contributed by atoms with Crippen LogP contribution in [0.4, 0.5) is 5.69 Å². The Kier molecular flexibility index (Phi) is 3.39.